The number of hydrogen-bond acceptors (Lipinski definition) is 8. The number of azo groups is 1. The van der Waals surface area contributed by atoms with Crippen molar-refractivity contribution in [3.63, 3.8) is 0 Å². The highest BCUT2D eigenvalue weighted by Gasteiger charge is 2.14. The summed E-state index contributed by atoms with van der Waals surface area (Å²) in [4.78, 5) is 9.01. The number of nitrogens with zero attached hydrogens (tertiary/aromatic N) is 5. The molecular formula is C17H14N6S2. The maximum absolute atomic E-state index is 5.87. The first-order valence-corrected chi connectivity index (χ1v) is 9.28. The summed E-state index contributed by atoms with van der Waals surface area (Å²) in [5.74, 6) is 0.656. The third kappa shape index (κ3) is 3.46. The van der Waals surface area contributed by atoms with Crippen molar-refractivity contribution in [1.29, 1.82) is 0 Å². The fraction of sp³-hybridized carbons (Fsp3) is 0.118. The van der Waals surface area contributed by atoms with Crippen LogP contribution in [0.3, 0.4) is 0 Å². The molecule has 0 fully saturated rings. The molecule has 4 rings (SSSR count). The van der Waals surface area contributed by atoms with Gasteiger partial charge in [-0.15, -0.1) is 16.5 Å². The number of rotatable bonds is 5. The molecule has 25 heavy (non-hydrogen) atoms. The Balaban J connectivity index is 1.56. The maximum atomic E-state index is 5.87. The van der Waals surface area contributed by atoms with Crippen LogP contribution in [0.15, 0.2) is 64.8 Å². The Labute approximate surface area is 152 Å². The largest absolute Gasteiger partial charge is 0.328 e. The highest BCUT2D eigenvalue weighted by Crippen LogP contribution is 2.29. The minimum atomic E-state index is -0.276. The van der Waals surface area contributed by atoms with Gasteiger partial charge < -0.3 is 5.73 Å². The van der Waals surface area contributed by atoms with E-state index in [1.807, 2.05) is 54.6 Å². The van der Waals surface area contributed by atoms with Crippen molar-refractivity contribution in [3.05, 3.63) is 59.6 Å². The molecule has 0 aliphatic heterocycles. The van der Waals surface area contributed by atoms with Gasteiger partial charge in [-0.1, -0.05) is 42.5 Å². The van der Waals surface area contributed by atoms with Crippen LogP contribution in [0.4, 0.5) is 5.13 Å². The monoisotopic (exact) mass is 366 g/mol. The summed E-state index contributed by atoms with van der Waals surface area (Å²) in [7, 11) is 0. The third-order valence-corrected chi connectivity index (χ3v) is 5.29. The Bertz CT molecular complexity index is 975. The van der Waals surface area contributed by atoms with Gasteiger partial charge in [0.2, 0.25) is 5.13 Å². The number of fused-ring (bicyclic) bond motifs is 1. The molecule has 0 aliphatic rings. The Morgan fingerprint density at radius 2 is 1.80 bits per heavy atom. The van der Waals surface area contributed by atoms with Crippen LogP contribution in [0.2, 0.25) is 0 Å². The molecule has 0 aliphatic carbocycles. The molecule has 4 aromatic rings. The lowest BCUT2D eigenvalue weighted by Gasteiger charge is -2.02. The fourth-order valence-corrected chi connectivity index (χ4v) is 3.85. The summed E-state index contributed by atoms with van der Waals surface area (Å²) in [5, 5.41) is 9.94. The zero-order valence-electron chi connectivity index (χ0n) is 13.1. The predicted octanol–water partition coefficient (Wildman–Crippen LogP) is 4.60. The smallest absolute Gasteiger partial charge is 0.249 e. The molecule has 2 aromatic heterocycles. The molecule has 0 amide bonds. The van der Waals surface area contributed by atoms with Crippen molar-refractivity contribution in [2.45, 2.75) is 6.04 Å². The lowest BCUT2D eigenvalue weighted by molar-refractivity contribution is 0.694. The van der Waals surface area contributed by atoms with Gasteiger partial charge in [-0.2, -0.15) is 14.5 Å². The molecule has 2 heterocycles. The van der Waals surface area contributed by atoms with Gasteiger partial charge in [0, 0.05) is 23.6 Å². The van der Waals surface area contributed by atoms with E-state index in [1.165, 1.54) is 11.5 Å². The van der Waals surface area contributed by atoms with E-state index in [0.29, 0.717) is 17.5 Å². The quantitative estimate of drug-likeness (QED) is 0.523. The van der Waals surface area contributed by atoms with Gasteiger partial charge in [-0.05, 0) is 12.1 Å². The van der Waals surface area contributed by atoms with Gasteiger partial charge in [0.25, 0.3) is 0 Å². The van der Waals surface area contributed by atoms with Gasteiger partial charge >= 0.3 is 0 Å². The second kappa shape index (κ2) is 7.14. The Hall–Kier alpha value is -2.55. The molecule has 2 N–H and O–H groups in total. The summed E-state index contributed by atoms with van der Waals surface area (Å²) in [6, 6.07) is 17.5. The van der Waals surface area contributed by atoms with E-state index in [9.17, 15) is 0 Å². The molecule has 1 unspecified atom stereocenters. The van der Waals surface area contributed by atoms with E-state index < -0.39 is 0 Å². The molecule has 8 heteroatoms. The predicted molar refractivity (Wildman–Crippen MR) is 101 cm³/mol. The minimum absolute atomic E-state index is 0.276. The van der Waals surface area contributed by atoms with E-state index in [2.05, 4.69) is 24.6 Å². The van der Waals surface area contributed by atoms with Crippen molar-refractivity contribution in [3.8, 4) is 11.4 Å². The number of para-hydroxylation sites is 1. The normalized spacial score (nSPS) is 12.8. The standard InChI is InChI=1S/C17H14N6S2/c18-10-13(16-19-12-8-4-5-9-14(12)24-16)21-22-17-20-15(23-25-17)11-6-2-1-3-7-11/h1-9,13H,10,18H2. The van der Waals surface area contributed by atoms with E-state index >= 15 is 0 Å². The molecule has 2 aromatic carbocycles. The van der Waals surface area contributed by atoms with Crippen LogP contribution in [-0.4, -0.2) is 20.9 Å². The second-order valence-corrected chi connectivity index (χ2v) is 7.05. The number of aromatic nitrogens is 3. The first-order valence-electron chi connectivity index (χ1n) is 7.69. The van der Waals surface area contributed by atoms with Crippen molar-refractivity contribution in [2.75, 3.05) is 6.54 Å². The summed E-state index contributed by atoms with van der Waals surface area (Å²) in [5.41, 5.74) is 7.78. The van der Waals surface area contributed by atoms with Gasteiger partial charge in [0.1, 0.15) is 11.0 Å². The van der Waals surface area contributed by atoms with Crippen molar-refractivity contribution in [1.82, 2.24) is 14.3 Å². The van der Waals surface area contributed by atoms with Gasteiger partial charge in [-0.3, -0.25) is 0 Å². The molecule has 0 spiro atoms. The number of benzene rings is 2. The number of nitrogens with two attached hydrogens (primary N) is 1. The molecular weight excluding hydrogens is 352 g/mol. The van der Waals surface area contributed by atoms with Crippen molar-refractivity contribution < 1.29 is 0 Å². The maximum Gasteiger partial charge on any atom is 0.249 e. The van der Waals surface area contributed by atoms with E-state index in [1.54, 1.807) is 11.3 Å². The minimum Gasteiger partial charge on any atom is -0.328 e. The molecule has 0 saturated carbocycles. The summed E-state index contributed by atoms with van der Waals surface area (Å²) in [6.45, 7) is 0.341. The average Bonchev–Trinajstić information content (AvgIpc) is 3.30. The number of hydrogen-bond donors (Lipinski definition) is 1. The average molecular weight is 366 g/mol. The van der Waals surface area contributed by atoms with Crippen LogP contribution in [0, 0.1) is 0 Å². The lowest BCUT2D eigenvalue weighted by Crippen LogP contribution is -2.09. The fourth-order valence-electron chi connectivity index (χ4n) is 2.31. The van der Waals surface area contributed by atoms with E-state index in [0.717, 1.165) is 20.8 Å². The molecule has 0 radical (unpaired) electrons. The van der Waals surface area contributed by atoms with Crippen LogP contribution in [0.5, 0.6) is 0 Å². The van der Waals surface area contributed by atoms with Gasteiger partial charge in [-0.25, -0.2) is 4.98 Å². The van der Waals surface area contributed by atoms with Gasteiger partial charge in [0.05, 0.1) is 10.2 Å². The molecule has 6 nitrogen and oxygen atoms in total. The van der Waals surface area contributed by atoms with E-state index in [4.69, 9.17) is 5.73 Å². The van der Waals surface area contributed by atoms with Crippen LogP contribution in [-0.2, 0) is 0 Å². The Morgan fingerprint density at radius 1 is 1.00 bits per heavy atom. The Morgan fingerprint density at radius 3 is 2.60 bits per heavy atom. The van der Waals surface area contributed by atoms with E-state index in [-0.39, 0.29) is 6.04 Å². The van der Waals surface area contributed by atoms with Crippen LogP contribution < -0.4 is 5.73 Å². The van der Waals surface area contributed by atoms with Crippen LogP contribution >= 0.6 is 22.9 Å². The Kier molecular flexibility index (Phi) is 4.55. The molecule has 0 bridgehead atoms. The van der Waals surface area contributed by atoms with Crippen molar-refractivity contribution in [2.24, 2.45) is 16.0 Å². The van der Waals surface area contributed by atoms with Gasteiger partial charge in [0.15, 0.2) is 5.82 Å². The zero-order valence-corrected chi connectivity index (χ0v) is 14.7. The molecule has 1 atom stereocenters. The third-order valence-electron chi connectivity index (χ3n) is 3.55. The van der Waals surface area contributed by atoms with Crippen LogP contribution in [0.1, 0.15) is 11.0 Å². The zero-order chi connectivity index (χ0) is 17.1. The summed E-state index contributed by atoms with van der Waals surface area (Å²) in [6.07, 6.45) is 0. The molecule has 0 saturated heterocycles. The summed E-state index contributed by atoms with van der Waals surface area (Å²) >= 11 is 2.81. The highest BCUT2D eigenvalue weighted by molar-refractivity contribution is 7.18. The topological polar surface area (TPSA) is 89.4 Å². The molecule has 124 valence electrons. The first kappa shape index (κ1) is 15.9. The second-order valence-electron chi connectivity index (χ2n) is 5.25. The lowest BCUT2D eigenvalue weighted by atomic mass is 10.2. The van der Waals surface area contributed by atoms with Crippen LogP contribution in [0.25, 0.3) is 21.6 Å². The first-order chi connectivity index (χ1) is 12.3. The number of thiazole rings is 1. The summed E-state index contributed by atoms with van der Waals surface area (Å²) < 4.78 is 5.45. The van der Waals surface area contributed by atoms with Crippen molar-refractivity contribution >= 4 is 38.2 Å². The SMILES string of the molecule is NCC(N=Nc1nc(-c2ccccc2)ns1)c1nc2ccccc2s1. The highest BCUT2D eigenvalue weighted by atomic mass is 32.1.